The molecule has 1 heterocycles. The zero-order chi connectivity index (χ0) is 43.9. The van der Waals surface area contributed by atoms with Crippen molar-refractivity contribution in [3.8, 4) is 0 Å². The molecule has 0 radical (unpaired) electrons. The van der Waals surface area contributed by atoms with E-state index in [1.165, 1.54) is 116 Å². The maximum Gasteiger partial charge on any atom is 0.305 e. The van der Waals surface area contributed by atoms with Crippen molar-refractivity contribution in [1.82, 2.24) is 5.32 Å². The molecule has 1 aliphatic heterocycles. The van der Waals surface area contributed by atoms with Crippen molar-refractivity contribution in [2.24, 2.45) is 0 Å². The molecule has 7 atom stereocenters. The van der Waals surface area contributed by atoms with Gasteiger partial charge >= 0.3 is 5.97 Å². The van der Waals surface area contributed by atoms with Gasteiger partial charge in [0.1, 0.15) is 24.4 Å². The Morgan fingerprint density at radius 1 is 0.600 bits per heavy atom. The average molecular weight is 854 g/mol. The first kappa shape index (κ1) is 56.2. The summed E-state index contributed by atoms with van der Waals surface area (Å²) in [6, 6.07) is -0.839. The molecule has 0 aromatic carbocycles. The molecule has 60 heavy (non-hydrogen) atoms. The molecular weight excluding hydrogens is 763 g/mol. The van der Waals surface area contributed by atoms with Crippen LogP contribution in [0.25, 0.3) is 0 Å². The molecule has 1 saturated heterocycles. The highest BCUT2D eigenvalue weighted by Gasteiger charge is 2.44. The molecule has 352 valence electrons. The second-order valence-corrected chi connectivity index (χ2v) is 17.2. The number of unbranched alkanes of at least 4 members (excludes halogenated alkanes) is 25. The van der Waals surface area contributed by atoms with Crippen LogP contribution in [-0.4, -0.2) is 100 Å². The van der Waals surface area contributed by atoms with Gasteiger partial charge in [0.05, 0.1) is 32.0 Å². The highest BCUT2D eigenvalue weighted by atomic mass is 16.7. The number of aliphatic hydroxyl groups is 5. The van der Waals surface area contributed by atoms with Crippen LogP contribution in [0.2, 0.25) is 0 Å². The molecule has 1 fully saturated rings. The first-order valence-electron chi connectivity index (χ1n) is 24.6. The van der Waals surface area contributed by atoms with E-state index in [0.29, 0.717) is 19.4 Å². The summed E-state index contributed by atoms with van der Waals surface area (Å²) in [4.78, 5) is 25.0. The molecule has 0 aliphatic carbocycles. The molecule has 1 aliphatic rings. The number of carbonyl (C=O) groups is 2. The minimum Gasteiger partial charge on any atom is -0.466 e. The molecule has 11 nitrogen and oxygen atoms in total. The van der Waals surface area contributed by atoms with E-state index in [2.05, 4.69) is 31.3 Å². The normalized spacial score (nSPS) is 20.6. The van der Waals surface area contributed by atoms with Crippen LogP contribution in [0.3, 0.4) is 0 Å². The second kappa shape index (κ2) is 40.0. The number of nitrogens with one attached hydrogen (secondary N) is 1. The minimum absolute atomic E-state index is 0.0419. The summed E-state index contributed by atoms with van der Waals surface area (Å²) in [6.07, 6.45) is 34.0. The SMILES string of the molecule is CCCCCC/C=C/CC/C=C/C(O)C(COC1OC(CO)C(O)C(O)C1O)NC(=O)CCCCCCCCCCCCCOC(=O)CCCCCCCCCCCCC. The molecular formula is C49H91NO10. The first-order valence-corrected chi connectivity index (χ1v) is 24.6. The van der Waals surface area contributed by atoms with E-state index >= 15 is 0 Å². The quantitative estimate of drug-likeness (QED) is 0.0198. The van der Waals surface area contributed by atoms with Crippen LogP contribution < -0.4 is 5.32 Å². The van der Waals surface area contributed by atoms with Gasteiger partial charge in [0.25, 0.3) is 0 Å². The van der Waals surface area contributed by atoms with Crippen LogP contribution in [0.15, 0.2) is 24.3 Å². The molecule has 6 N–H and O–H groups in total. The molecule has 0 spiro atoms. The highest BCUT2D eigenvalue weighted by Crippen LogP contribution is 2.23. The Labute approximate surface area is 365 Å². The van der Waals surface area contributed by atoms with Crippen LogP contribution in [0.4, 0.5) is 0 Å². The zero-order valence-corrected chi connectivity index (χ0v) is 38.2. The monoisotopic (exact) mass is 854 g/mol. The van der Waals surface area contributed by atoms with E-state index in [0.717, 1.165) is 70.6 Å². The Balaban J connectivity index is 2.20. The Morgan fingerprint density at radius 3 is 1.65 bits per heavy atom. The summed E-state index contributed by atoms with van der Waals surface area (Å²) < 4.78 is 16.6. The number of hydrogen-bond acceptors (Lipinski definition) is 10. The van der Waals surface area contributed by atoms with Crippen molar-refractivity contribution < 1.29 is 49.3 Å². The predicted octanol–water partition coefficient (Wildman–Crippen LogP) is 9.44. The standard InChI is InChI=1S/C49H91NO10/c1-3-5-7-9-11-13-16-21-25-29-33-37-45(54)58-38-34-30-26-22-18-15-17-20-24-28-32-36-44(53)50-41(40-59-49-48(57)47(56)46(55)43(39-51)60-49)42(52)35-31-27-23-19-14-12-10-8-6-4-2/h14,19,31,35,41-43,46-49,51-52,55-57H,3-13,15-18,20-30,32-34,36-40H2,1-2H3,(H,50,53)/b19-14+,35-31+. The number of amides is 1. The number of rotatable bonds is 41. The largest absolute Gasteiger partial charge is 0.466 e. The third-order valence-electron chi connectivity index (χ3n) is 11.6. The van der Waals surface area contributed by atoms with Gasteiger partial charge in [-0.3, -0.25) is 9.59 Å². The number of esters is 1. The molecule has 7 unspecified atom stereocenters. The molecule has 1 amide bonds. The van der Waals surface area contributed by atoms with Gasteiger partial charge in [-0.05, 0) is 44.9 Å². The number of ether oxygens (including phenoxy) is 3. The van der Waals surface area contributed by atoms with E-state index in [1.807, 2.05) is 6.08 Å². The van der Waals surface area contributed by atoms with Gasteiger partial charge in [-0.1, -0.05) is 179 Å². The van der Waals surface area contributed by atoms with E-state index in [1.54, 1.807) is 6.08 Å². The smallest absolute Gasteiger partial charge is 0.305 e. The maximum absolute atomic E-state index is 12.9. The van der Waals surface area contributed by atoms with Gasteiger partial charge in [-0.15, -0.1) is 0 Å². The fraction of sp³-hybridized carbons (Fsp3) is 0.878. The van der Waals surface area contributed by atoms with Crippen LogP contribution in [0, 0.1) is 0 Å². The summed E-state index contributed by atoms with van der Waals surface area (Å²) in [6.45, 7) is 4.20. The number of aliphatic hydroxyl groups excluding tert-OH is 5. The Kier molecular flexibility index (Phi) is 37.4. The summed E-state index contributed by atoms with van der Waals surface area (Å²) in [5, 5.41) is 54.0. The molecule has 0 aromatic rings. The molecule has 0 saturated carbocycles. The average Bonchev–Trinajstić information content (AvgIpc) is 3.24. The van der Waals surface area contributed by atoms with Crippen LogP contribution in [0.5, 0.6) is 0 Å². The van der Waals surface area contributed by atoms with Crippen LogP contribution in [-0.2, 0) is 23.8 Å². The van der Waals surface area contributed by atoms with Gasteiger partial charge in [-0.25, -0.2) is 0 Å². The predicted molar refractivity (Wildman–Crippen MR) is 241 cm³/mol. The third kappa shape index (κ3) is 30.2. The van der Waals surface area contributed by atoms with E-state index < -0.39 is 49.5 Å². The fourth-order valence-electron chi connectivity index (χ4n) is 7.57. The second-order valence-electron chi connectivity index (χ2n) is 17.2. The minimum atomic E-state index is -1.58. The lowest BCUT2D eigenvalue weighted by Gasteiger charge is -2.40. The first-order chi connectivity index (χ1) is 29.2. The van der Waals surface area contributed by atoms with Gasteiger partial charge < -0.3 is 45.1 Å². The zero-order valence-electron chi connectivity index (χ0n) is 38.2. The number of allylic oxidation sites excluding steroid dienone is 3. The third-order valence-corrected chi connectivity index (χ3v) is 11.6. The Bertz CT molecular complexity index is 1060. The lowest BCUT2D eigenvalue weighted by Crippen LogP contribution is -2.60. The Morgan fingerprint density at radius 2 is 1.08 bits per heavy atom. The van der Waals surface area contributed by atoms with Crippen molar-refractivity contribution in [2.45, 2.75) is 256 Å². The van der Waals surface area contributed by atoms with E-state index in [9.17, 15) is 35.1 Å². The summed E-state index contributed by atoms with van der Waals surface area (Å²) >= 11 is 0. The maximum atomic E-state index is 12.9. The lowest BCUT2D eigenvalue weighted by atomic mass is 9.99. The molecule has 11 heteroatoms. The Hall–Kier alpha value is -1.86. The van der Waals surface area contributed by atoms with Crippen molar-refractivity contribution in [3.05, 3.63) is 24.3 Å². The fourth-order valence-corrected chi connectivity index (χ4v) is 7.57. The topological polar surface area (TPSA) is 175 Å². The van der Waals surface area contributed by atoms with Gasteiger partial charge in [0, 0.05) is 12.8 Å². The van der Waals surface area contributed by atoms with Crippen LogP contribution in [0.1, 0.15) is 213 Å². The molecule has 1 rings (SSSR count). The molecule has 0 aromatic heterocycles. The van der Waals surface area contributed by atoms with Crippen molar-refractivity contribution >= 4 is 11.9 Å². The van der Waals surface area contributed by atoms with E-state index in [4.69, 9.17) is 14.2 Å². The van der Waals surface area contributed by atoms with Crippen LogP contribution >= 0.6 is 0 Å². The highest BCUT2D eigenvalue weighted by molar-refractivity contribution is 5.76. The van der Waals surface area contributed by atoms with Crippen molar-refractivity contribution in [1.29, 1.82) is 0 Å². The van der Waals surface area contributed by atoms with Crippen molar-refractivity contribution in [2.75, 3.05) is 19.8 Å². The van der Waals surface area contributed by atoms with E-state index in [-0.39, 0.29) is 18.5 Å². The number of carbonyl (C=O) groups excluding carboxylic acids is 2. The summed E-state index contributed by atoms with van der Waals surface area (Å²) in [5.41, 5.74) is 0. The summed E-state index contributed by atoms with van der Waals surface area (Å²) in [7, 11) is 0. The molecule has 0 bridgehead atoms. The van der Waals surface area contributed by atoms with Gasteiger partial charge in [0.15, 0.2) is 6.29 Å². The summed E-state index contributed by atoms with van der Waals surface area (Å²) in [5.74, 6) is -0.255. The van der Waals surface area contributed by atoms with Crippen molar-refractivity contribution in [3.63, 3.8) is 0 Å². The van der Waals surface area contributed by atoms with Gasteiger partial charge in [-0.2, -0.15) is 0 Å². The lowest BCUT2D eigenvalue weighted by molar-refractivity contribution is -0.302. The number of hydrogen-bond donors (Lipinski definition) is 6. The van der Waals surface area contributed by atoms with Gasteiger partial charge in [0.2, 0.25) is 5.91 Å².